The molecule has 0 saturated carbocycles. The maximum absolute atomic E-state index is 11.6. The molecule has 1 rings (SSSR count). The Labute approximate surface area is 102 Å². The highest BCUT2D eigenvalue weighted by atomic mass is 16.5. The summed E-state index contributed by atoms with van der Waals surface area (Å²) in [5, 5.41) is 2.98. The monoisotopic (exact) mass is 237 g/mol. The summed E-state index contributed by atoms with van der Waals surface area (Å²) in [4.78, 5) is 17.4. The SMILES string of the molecule is CCOc1cccc(NCC(=O)N(C)CC)n1. The molecule has 1 N–H and O–H groups in total. The number of aromatic nitrogens is 1. The number of ether oxygens (including phenoxy) is 1. The third kappa shape index (κ3) is 4.30. The van der Waals surface area contributed by atoms with Crippen LogP contribution in [-0.4, -0.2) is 42.5 Å². The Morgan fingerprint density at radius 1 is 1.47 bits per heavy atom. The highest BCUT2D eigenvalue weighted by Crippen LogP contribution is 2.10. The van der Waals surface area contributed by atoms with Crippen molar-refractivity contribution in [3.8, 4) is 5.88 Å². The summed E-state index contributed by atoms with van der Waals surface area (Å²) in [5.41, 5.74) is 0. The van der Waals surface area contributed by atoms with Crippen LogP contribution in [0.4, 0.5) is 5.82 Å². The summed E-state index contributed by atoms with van der Waals surface area (Å²) in [5.74, 6) is 1.25. The average Bonchev–Trinajstić information content (AvgIpc) is 2.36. The lowest BCUT2D eigenvalue weighted by Gasteiger charge is -2.15. The van der Waals surface area contributed by atoms with Gasteiger partial charge in [-0.25, -0.2) is 0 Å². The molecular formula is C12H19N3O2. The van der Waals surface area contributed by atoms with Crippen molar-refractivity contribution < 1.29 is 9.53 Å². The molecule has 17 heavy (non-hydrogen) atoms. The van der Waals surface area contributed by atoms with E-state index in [1.54, 1.807) is 18.0 Å². The van der Waals surface area contributed by atoms with Gasteiger partial charge < -0.3 is 15.0 Å². The van der Waals surface area contributed by atoms with E-state index in [-0.39, 0.29) is 12.5 Å². The van der Waals surface area contributed by atoms with Crippen molar-refractivity contribution in [3.63, 3.8) is 0 Å². The number of pyridine rings is 1. The van der Waals surface area contributed by atoms with Crippen LogP contribution in [0, 0.1) is 0 Å². The van der Waals surface area contributed by atoms with Gasteiger partial charge in [0, 0.05) is 19.7 Å². The van der Waals surface area contributed by atoms with Gasteiger partial charge in [0.25, 0.3) is 0 Å². The molecule has 0 fully saturated rings. The molecule has 1 heterocycles. The molecule has 0 aliphatic heterocycles. The predicted octanol–water partition coefficient (Wildman–Crippen LogP) is 1.37. The van der Waals surface area contributed by atoms with E-state index in [2.05, 4.69) is 10.3 Å². The minimum absolute atomic E-state index is 0.0381. The van der Waals surface area contributed by atoms with Crippen molar-refractivity contribution in [2.75, 3.05) is 32.1 Å². The first-order chi connectivity index (χ1) is 8.17. The van der Waals surface area contributed by atoms with Crippen LogP contribution < -0.4 is 10.1 Å². The first kappa shape index (κ1) is 13.3. The Balaban J connectivity index is 2.51. The largest absolute Gasteiger partial charge is 0.478 e. The summed E-state index contributed by atoms with van der Waals surface area (Å²) >= 11 is 0. The van der Waals surface area contributed by atoms with Gasteiger partial charge in [0.05, 0.1) is 13.2 Å². The molecule has 1 amide bonds. The van der Waals surface area contributed by atoms with Gasteiger partial charge in [-0.05, 0) is 19.9 Å². The van der Waals surface area contributed by atoms with Gasteiger partial charge in [-0.2, -0.15) is 4.98 Å². The number of hydrogen-bond donors (Lipinski definition) is 1. The van der Waals surface area contributed by atoms with Crippen LogP contribution in [0.3, 0.4) is 0 Å². The molecule has 0 spiro atoms. The number of carbonyl (C=O) groups is 1. The Morgan fingerprint density at radius 3 is 2.88 bits per heavy atom. The molecule has 0 bridgehead atoms. The lowest BCUT2D eigenvalue weighted by atomic mass is 10.4. The molecule has 0 saturated heterocycles. The molecule has 94 valence electrons. The lowest BCUT2D eigenvalue weighted by Crippen LogP contribution is -2.32. The number of amides is 1. The first-order valence-corrected chi connectivity index (χ1v) is 5.75. The number of nitrogens with zero attached hydrogens (tertiary/aromatic N) is 2. The fraction of sp³-hybridized carbons (Fsp3) is 0.500. The van der Waals surface area contributed by atoms with E-state index >= 15 is 0 Å². The summed E-state index contributed by atoms with van der Waals surface area (Å²) in [6.45, 7) is 5.36. The Bertz CT molecular complexity index is 369. The fourth-order valence-electron chi connectivity index (χ4n) is 1.22. The number of anilines is 1. The van der Waals surface area contributed by atoms with Crippen LogP contribution in [0.15, 0.2) is 18.2 Å². The topological polar surface area (TPSA) is 54.5 Å². The van der Waals surface area contributed by atoms with Crippen LogP contribution in [0.2, 0.25) is 0 Å². The van der Waals surface area contributed by atoms with E-state index in [1.165, 1.54) is 0 Å². The van der Waals surface area contributed by atoms with E-state index in [1.807, 2.05) is 26.0 Å². The minimum atomic E-state index is 0.0381. The number of carbonyl (C=O) groups excluding carboxylic acids is 1. The third-order valence-electron chi connectivity index (χ3n) is 2.34. The van der Waals surface area contributed by atoms with Crippen LogP contribution in [0.1, 0.15) is 13.8 Å². The van der Waals surface area contributed by atoms with Gasteiger partial charge in [0.1, 0.15) is 5.82 Å². The second kappa shape index (κ2) is 6.73. The summed E-state index contributed by atoms with van der Waals surface area (Å²) in [6.07, 6.45) is 0. The maximum atomic E-state index is 11.6. The normalized spacial score (nSPS) is 9.82. The van der Waals surface area contributed by atoms with Gasteiger partial charge >= 0.3 is 0 Å². The maximum Gasteiger partial charge on any atom is 0.241 e. The molecule has 0 aromatic carbocycles. The minimum Gasteiger partial charge on any atom is -0.478 e. The summed E-state index contributed by atoms with van der Waals surface area (Å²) in [7, 11) is 1.77. The zero-order valence-electron chi connectivity index (χ0n) is 10.6. The Hall–Kier alpha value is -1.78. The van der Waals surface area contributed by atoms with Crippen LogP contribution >= 0.6 is 0 Å². The molecule has 5 nitrogen and oxygen atoms in total. The van der Waals surface area contributed by atoms with Crippen molar-refractivity contribution in [1.82, 2.24) is 9.88 Å². The van der Waals surface area contributed by atoms with Gasteiger partial charge in [-0.3, -0.25) is 4.79 Å². The van der Waals surface area contributed by atoms with E-state index < -0.39 is 0 Å². The quantitative estimate of drug-likeness (QED) is 0.812. The van der Waals surface area contributed by atoms with Gasteiger partial charge in [-0.15, -0.1) is 0 Å². The second-order valence-electron chi connectivity index (χ2n) is 3.56. The molecule has 0 aliphatic rings. The van der Waals surface area contributed by atoms with E-state index in [4.69, 9.17) is 4.74 Å². The van der Waals surface area contributed by atoms with Crippen LogP contribution in [0.25, 0.3) is 0 Å². The average molecular weight is 237 g/mol. The zero-order chi connectivity index (χ0) is 12.7. The third-order valence-corrected chi connectivity index (χ3v) is 2.34. The van der Waals surface area contributed by atoms with Gasteiger partial charge in [0.2, 0.25) is 11.8 Å². The van der Waals surface area contributed by atoms with Crippen molar-refractivity contribution in [1.29, 1.82) is 0 Å². The number of rotatable bonds is 6. The number of likely N-dealkylation sites (N-methyl/N-ethyl adjacent to an activating group) is 1. The molecule has 1 aromatic heterocycles. The summed E-state index contributed by atoms with van der Waals surface area (Å²) < 4.78 is 5.28. The standard InChI is InChI=1S/C12H19N3O2/c1-4-15(3)12(16)9-13-10-7-6-8-11(14-10)17-5-2/h6-8H,4-5,9H2,1-3H3,(H,13,14). The van der Waals surface area contributed by atoms with E-state index in [0.717, 1.165) is 0 Å². The molecule has 1 aromatic rings. The number of nitrogens with one attached hydrogen (secondary N) is 1. The molecule has 0 unspecified atom stereocenters. The van der Waals surface area contributed by atoms with Gasteiger partial charge in [0.15, 0.2) is 0 Å². The number of hydrogen-bond acceptors (Lipinski definition) is 4. The van der Waals surface area contributed by atoms with Crippen molar-refractivity contribution in [2.45, 2.75) is 13.8 Å². The molecule has 0 atom stereocenters. The highest BCUT2D eigenvalue weighted by molar-refractivity contribution is 5.80. The van der Waals surface area contributed by atoms with Gasteiger partial charge in [-0.1, -0.05) is 6.07 Å². The molecule has 5 heteroatoms. The predicted molar refractivity (Wildman–Crippen MR) is 67.2 cm³/mol. The molecule has 0 aliphatic carbocycles. The van der Waals surface area contributed by atoms with Crippen LogP contribution in [-0.2, 0) is 4.79 Å². The lowest BCUT2D eigenvalue weighted by molar-refractivity contribution is -0.127. The van der Waals surface area contributed by atoms with E-state index in [9.17, 15) is 4.79 Å². The second-order valence-corrected chi connectivity index (χ2v) is 3.56. The molecular weight excluding hydrogens is 218 g/mol. The van der Waals surface area contributed by atoms with Crippen molar-refractivity contribution >= 4 is 11.7 Å². The molecule has 0 radical (unpaired) electrons. The van der Waals surface area contributed by atoms with Crippen LogP contribution in [0.5, 0.6) is 5.88 Å². The Kier molecular flexibility index (Phi) is 5.26. The highest BCUT2D eigenvalue weighted by Gasteiger charge is 2.06. The fourth-order valence-corrected chi connectivity index (χ4v) is 1.22. The Morgan fingerprint density at radius 2 is 2.24 bits per heavy atom. The smallest absolute Gasteiger partial charge is 0.241 e. The van der Waals surface area contributed by atoms with E-state index in [0.29, 0.717) is 24.8 Å². The first-order valence-electron chi connectivity index (χ1n) is 5.75. The van der Waals surface area contributed by atoms with Crippen molar-refractivity contribution in [2.24, 2.45) is 0 Å². The zero-order valence-corrected chi connectivity index (χ0v) is 10.6. The summed E-state index contributed by atoms with van der Waals surface area (Å²) in [6, 6.07) is 5.44. The van der Waals surface area contributed by atoms with Crippen molar-refractivity contribution in [3.05, 3.63) is 18.2 Å².